The first-order valence-corrected chi connectivity index (χ1v) is 7.76. The number of aryl methyl sites for hydroxylation is 1. The van der Waals surface area contributed by atoms with E-state index < -0.39 is 4.92 Å². The quantitative estimate of drug-likeness (QED) is 0.496. The highest BCUT2D eigenvalue weighted by atomic mass is 16.6. The lowest BCUT2D eigenvalue weighted by molar-refractivity contribution is -0.384. The minimum atomic E-state index is -0.393. The number of hydrogen-bond acceptors (Lipinski definition) is 3. The Labute approximate surface area is 137 Å². The Kier molecular flexibility index (Phi) is 4.46. The lowest BCUT2D eigenvalue weighted by Crippen LogP contribution is -2.14. The van der Waals surface area contributed by atoms with E-state index in [2.05, 4.69) is 12.1 Å². The molecule has 2 rings (SSSR count). The molecule has 0 saturated carbocycles. The summed E-state index contributed by atoms with van der Waals surface area (Å²) in [6.45, 7) is 10.2. The van der Waals surface area contributed by atoms with Gasteiger partial charge in [0.1, 0.15) is 5.69 Å². The van der Waals surface area contributed by atoms with Crippen LogP contribution in [0.1, 0.15) is 55.9 Å². The smallest absolute Gasteiger partial charge is 0.292 e. The minimum absolute atomic E-state index is 0.00315. The van der Waals surface area contributed by atoms with Crippen LogP contribution in [0.4, 0.5) is 11.4 Å². The summed E-state index contributed by atoms with van der Waals surface area (Å²) in [6, 6.07) is 11.8. The first-order valence-electron chi connectivity index (χ1n) is 7.76. The molecule has 2 aromatic carbocycles. The van der Waals surface area contributed by atoms with Gasteiger partial charge in [-0.15, -0.1) is 0 Å². The van der Waals surface area contributed by atoms with Crippen molar-refractivity contribution in [1.82, 2.24) is 0 Å². The second-order valence-electron chi connectivity index (χ2n) is 7.14. The zero-order valence-electron chi connectivity index (χ0n) is 14.4. The summed E-state index contributed by atoms with van der Waals surface area (Å²) < 4.78 is 0. The van der Waals surface area contributed by atoms with Crippen molar-refractivity contribution in [2.45, 2.75) is 46.0 Å². The lowest BCUT2D eigenvalue weighted by atomic mass is 9.82. The van der Waals surface area contributed by atoms with Crippen LogP contribution in [0.15, 0.2) is 36.4 Å². The fraction of sp³-hybridized carbons (Fsp3) is 0.368. The first-order chi connectivity index (χ1) is 10.6. The molecule has 0 radical (unpaired) electrons. The molecule has 0 aromatic heterocycles. The zero-order valence-corrected chi connectivity index (χ0v) is 14.4. The third-order valence-electron chi connectivity index (χ3n) is 4.30. The molecule has 0 aliphatic carbocycles. The van der Waals surface area contributed by atoms with E-state index in [4.69, 9.17) is 5.73 Å². The van der Waals surface area contributed by atoms with E-state index in [0.29, 0.717) is 0 Å². The van der Waals surface area contributed by atoms with Crippen molar-refractivity contribution < 1.29 is 4.92 Å². The molecular weight excluding hydrogens is 288 g/mol. The van der Waals surface area contributed by atoms with Crippen LogP contribution in [0, 0.1) is 17.0 Å². The molecule has 0 spiro atoms. The summed E-state index contributed by atoms with van der Waals surface area (Å²) in [5.74, 6) is -0.00315. The Morgan fingerprint density at radius 1 is 1.13 bits per heavy atom. The monoisotopic (exact) mass is 312 g/mol. The van der Waals surface area contributed by atoms with Crippen LogP contribution in [-0.2, 0) is 5.41 Å². The Morgan fingerprint density at radius 3 is 2.17 bits per heavy atom. The van der Waals surface area contributed by atoms with Gasteiger partial charge in [-0.3, -0.25) is 10.1 Å². The molecule has 0 saturated heterocycles. The second kappa shape index (κ2) is 6.03. The molecule has 1 unspecified atom stereocenters. The van der Waals surface area contributed by atoms with Gasteiger partial charge in [-0.1, -0.05) is 63.6 Å². The van der Waals surface area contributed by atoms with Gasteiger partial charge >= 0.3 is 0 Å². The van der Waals surface area contributed by atoms with Crippen LogP contribution >= 0.6 is 0 Å². The number of nitro benzene ring substituents is 1. The summed E-state index contributed by atoms with van der Waals surface area (Å²) in [5.41, 5.74) is 10.2. The standard InChI is InChI=1S/C19H24N2O2/c1-12-6-8-14(9-7-12)13(2)16-10-15(19(3,4)5)11-17(18(16)20)21(22)23/h6-11,13H,20H2,1-5H3. The van der Waals surface area contributed by atoms with Crippen molar-refractivity contribution in [2.75, 3.05) is 5.73 Å². The number of hydrogen-bond donors (Lipinski definition) is 1. The number of nitrogen functional groups attached to an aromatic ring is 1. The third kappa shape index (κ3) is 3.52. The predicted molar refractivity (Wildman–Crippen MR) is 94.9 cm³/mol. The van der Waals surface area contributed by atoms with E-state index >= 15 is 0 Å². The van der Waals surface area contributed by atoms with Gasteiger partial charge in [-0.05, 0) is 29.0 Å². The highest BCUT2D eigenvalue weighted by molar-refractivity contribution is 5.67. The average Bonchev–Trinajstić information content (AvgIpc) is 2.46. The summed E-state index contributed by atoms with van der Waals surface area (Å²) in [6.07, 6.45) is 0. The summed E-state index contributed by atoms with van der Waals surface area (Å²) in [4.78, 5) is 11.0. The Balaban J connectivity index is 2.62. The third-order valence-corrected chi connectivity index (χ3v) is 4.30. The molecule has 0 heterocycles. The van der Waals surface area contributed by atoms with Crippen molar-refractivity contribution >= 4 is 11.4 Å². The van der Waals surface area contributed by atoms with E-state index in [9.17, 15) is 10.1 Å². The van der Waals surface area contributed by atoms with Crippen molar-refractivity contribution in [3.8, 4) is 0 Å². The molecule has 2 N–H and O–H groups in total. The largest absolute Gasteiger partial charge is 0.393 e. The second-order valence-corrected chi connectivity index (χ2v) is 7.14. The average molecular weight is 312 g/mol. The van der Waals surface area contributed by atoms with E-state index in [1.165, 1.54) is 5.56 Å². The van der Waals surface area contributed by atoms with Crippen LogP contribution in [0.25, 0.3) is 0 Å². The molecule has 23 heavy (non-hydrogen) atoms. The van der Waals surface area contributed by atoms with Gasteiger partial charge in [-0.25, -0.2) is 0 Å². The van der Waals surface area contributed by atoms with E-state index in [-0.39, 0.29) is 22.7 Å². The normalized spacial score (nSPS) is 12.9. The maximum Gasteiger partial charge on any atom is 0.292 e. The predicted octanol–water partition coefficient (Wildman–Crippen LogP) is 4.93. The van der Waals surface area contributed by atoms with Gasteiger partial charge in [0.15, 0.2) is 0 Å². The Hall–Kier alpha value is -2.36. The summed E-state index contributed by atoms with van der Waals surface area (Å²) >= 11 is 0. The van der Waals surface area contributed by atoms with E-state index in [1.807, 2.05) is 52.8 Å². The minimum Gasteiger partial charge on any atom is -0.393 e. The summed E-state index contributed by atoms with van der Waals surface area (Å²) in [7, 11) is 0. The highest BCUT2D eigenvalue weighted by Crippen LogP contribution is 2.38. The van der Waals surface area contributed by atoms with Crippen LogP contribution in [0.3, 0.4) is 0 Å². The van der Waals surface area contributed by atoms with Crippen molar-refractivity contribution in [2.24, 2.45) is 0 Å². The fourth-order valence-corrected chi connectivity index (χ4v) is 2.64. The molecule has 0 aliphatic heterocycles. The molecule has 4 nitrogen and oxygen atoms in total. The molecular formula is C19H24N2O2. The van der Waals surface area contributed by atoms with Gasteiger partial charge in [0.2, 0.25) is 0 Å². The summed E-state index contributed by atoms with van der Waals surface area (Å²) in [5, 5.41) is 11.4. The van der Waals surface area contributed by atoms with Gasteiger partial charge in [-0.2, -0.15) is 0 Å². The number of rotatable bonds is 3. The molecule has 0 amide bonds. The van der Waals surface area contributed by atoms with Crippen molar-refractivity contribution in [1.29, 1.82) is 0 Å². The molecule has 122 valence electrons. The maximum atomic E-state index is 11.4. The SMILES string of the molecule is Cc1ccc(C(C)c2cc(C(C)(C)C)cc([N+](=O)[O-])c2N)cc1. The molecule has 0 fully saturated rings. The van der Waals surface area contributed by atoms with E-state index in [1.54, 1.807) is 6.07 Å². The van der Waals surface area contributed by atoms with Gasteiger partial charge in [0.25, 0.3) is 5.69 Å². The maximum absolute atomic E-state index is 11.4. The number of anilines is 1. The zero-order chi connectivity index (χ0) is 17.4. The molecule has 1 atom stereocenters. The topological polar surface area (TPSA) is 69.2 Å². The number of nitrogens with two attached hydrogens (primary N) is 1. The Morgan fingerprint density at radius 2 is 1.70 bits per heavy atom. The van der Waals surface area contributed by atoms with E-state index in [0.717, 1.165) is 16.7 Å². The van der Waals surface area contributed by atoms with Gasteiger partial charge < -0.3 is 5.73 Å². The van der Waals surface area contributed by atoms with Crippen LogP contribution < -0.4 is 5.73 Å². The van der Waals surface area contributed by atoms with Gasteiger partial charge in [0, 0.05) is 12.0 Å². The lowest BCUT2D eigenvalue weighted by Gasteiger charge is -2.23. The number of nitrogens with zero attached hydrogens (tertiary/aromatic N) is 1. The van der Waals surface area contributed by atoms with Gasteiger partial charge in [0.05, 0.1) is 4.92 Å². The molecule has 0 aliphatic rings. The fourth-order valence-electron chi connectivity index (χ4n) is 2.64. The highest BCUT2D eigenvalue weighted by Gasteiger charge is 2.25. The van der Waals surface area contributed by atoms with Crippen molar-refractivity contribution in [3.63, 3.8) is 0 Å². The Bertz CT molecular complexity index is 728. The van der Waals surface area contributed by atoms with Crippen LogP contribution in [0.2, 0.25) is 0 Å². The number of benzene rings is 2. The molecule has 2 aromatic rings. The van der Waals surface area contributed by atoms with Crippen LogP contribution in [0.5, 0.6) is 0 Å². The van der Waals surface area contributed by atoms with Crippen molar-refractivity contribution in [3.05, 3.63) is 68.8 Å². The molecule has 4 heteroatoms. The number of nitro groups is 1. The van der Waals surface area contributed by atoms with Crippen LogP contribution in [-0.4, -0.2) is 4.92 Å². The molecule has 0 bridgehead atoms. The first kappa shape index (κ1) is 17.0.